The van der Waals surface area contributed by atoms with Crippen LogP contribution in [0, 0.1) is 23.2 Å². The Labute approximate surface area is 176 Å². The molecule has 3 rings (SSSR count). The third-order valence-electron chi connectivity index (χ3n) is 7.96. The standard InChI is InChI=1S/C23H42N2O4/c1-15-20(27)21(28)19(26)14-25(15)13-16-9-11-24(12-10-16)22(29)17-5-7-18(8-6-17)23(2,3)4/h15-21,26-28H,5-14H2,1-4H3/t15-,17?,18?,19+,20-,21-/m1/s1. The lowest BCUT2D eigenvalue weighted by Gasteiger charge is -2.45. The lowest BCUT2D eigenvalue weighted by Crippen LogP contribution is -2.61. The van der Waals surface area contributed by atoms with Gasteiger partial charge in [0.15, 0.2) is 0 Å². The van der Waals surface area contributed by atoms with Crippen molar-refractivity contribution in [2.75, 3.05) is 26.2 Å². The van der Waals surface area contributed by atoms with Crippen molar-refractivity contribution in [3.8, 4) is 0 Å². The monoisotopic (exact) mass is 410 g/mol. The van der Waals surface area contributed by atoms with Gasteiger partial charge < -0.3 is 20.2 Å². The summed E-state index contributed by atoms with van der Waals surface area (Å²) in [6.45, 7) is 11.7. The lowest BCUT2D eigenvalue weighted by molar-refractivity contribution is -0.141. The lowest BCUT2D eigenvalue weighted by atomic mass is 9.69. The fourth-order valence-corrected chi connectivity index (χ4v) is 5.62. The maximum absolute atomic E-state index is 13.0. The van der Waals surface area contributed by atoms with Gasteiger partial charge in [-0.2, -0.15) is 0 Å². The third kappa shape index (κ3) is 5.33. The highest BCUT2D eigenvalue weighted by Gasteiger charge is 2.40. The van der Waals surface area contributed by atoms with Gasteiger partial charge in [-0.15, -0.1) is 0 Å². The molecule has 2 aliphatic heterocycles. The van der Waals surface area contributed by atoms with Gasteiger partial charge in [0.1, 0.15) is 6.10 Å². The fourth-order valence-electron chi connectivity index (χ4n) is 5.62. The van der Waals surface area contributed by atoms with Crippen molar-refractivity contribution in [3.63, 3.8) is 0 Å². The number of nitrogens with zero attached hydrogens (tertiary/aromatic N) is 2. The number of hydrogen-bond donors (Lipinski definition) is 3. The molecule has 2 heterocycles. The van der Waals surface area contributed by atoms with Crippen LogP contribution >= 0.6 is 0 Å². The molecule has 29 heavy (non-hydrogen) atoms. The van der Waals surface area contributed by atoms with Crippen LogP contribution in [0.15, 0.2) is 0 Å². The minimum absolute atomic E-state index is 0.161. The van der Waals surface area contributed by atoms with Crippen molar-refractivity contribution < 1.29 is 20.1 Å². The summed E-state index contributed by atoms with van der Waals surface area (Å²) in [6.07, 6.45) is 3.47. The molecule has 3 aliphatic rings. The van der Waals surface area contributed by atoms with E-state index in [4.69, 9.17) is 0 Å². The number of aliphatic hydroxyl groups excluding tert-OH is 3. The second-order valence-corrected chi connectivity index (χ2v) is 10.9. The van der Waals surface area contributed by atoms with E-state index in [9.17, 15) is 20.1 Å². The van der Waals surface area contributed by atoms with Gasteiger partial charge in [0, 0.05) is 38.1 Å². The van der Waals surface area contributed by atoms with Gasteiger partial charge in [-0.05, 0) is 62.7 Å². The number of hydrogen-bond acceptors (Lipinski definition) is 5. The zero-order valence-corrected chi connectivity index (χ0v) is 18.8. The van der Waals surface area contributed by atoms with Crippen LogP contribution in [0.5, 0.6) is 0 Å². The van der Waals surface area contributed by atoms with Crippen LogP contribution in [0.25, 0.3) is 0 Å². The summed E-state index contributed by atoms with van der Waals surface area (Å²) in [5.74, 6) is 1.76. The summed E-state index contributed by atoms with van der Waals surface area (Å²) in [7, 11) is 0. The molecule has 0 radical (unpaired) electrons. The predicted octanol–water partition coefficient (Wildman–Crippen LogP) is 1.86. The molecule has 0 bridgehead atoms. The minimum Gasteiger partial charge on any atom is -0.389 e. The number of carbonyl (C=O) groups excluding carboxylic acids is 1. The Bertz CT molecular complexity index is 548. The van der Waals surface area contributed by atoms with Gasteiger partial charge in [-0.1, -0.05) is 20.8 Å². The van der Waals surface area contributed by atoms with E-state index in [2.05, 4.69) is 30.6 Å². The molecule has 1 saturated carbocycles. The van der Waals surface area contributed by atoms with Crippen LogP contribution in [0.2, 0.25) is 0 Å². The maximum atomic E-state index is 13.0. The quantitative estimate of drug-likeness (QED) is 0.661. The molecule has 0 aromatic rings. The highest BCUT2D eigenvalue weighted by atomic mass is 16.4. The summed E-state index contributed by atoms with van der Waals surface area (Å²) in [5, 5.41) is 30.0. The van der Waals surface area contributed by atoms with E-state index in [1.165, 1.54) is 12.8 Å². The molecular weight excluding hydrogens is 368 g/mol. The van der Waals surface area contributed by atoms with Crippen LogP contribution in [0.4, 0.5) is 0 Å². The van der Waals surface area contributed by atoms with Gasteiger partial charge in [-0.25, -0.2) is 0 Å². The summed E-state index contributed by atoms with van der Waals surface area (Å²) in [4.78, 5) is 17.2. The topological polar surface area (TPSA) is 84.2 Å². The Kier molecular flexibility index (Phi) is 7.30. The maximum Gasteiger partial charge on any atom is 0.225 e. The van der Waals surface area contributed by atoms with Crippen LogP contribution in [-0.2, 0) is 4.79 Å². The summed E-state index contributed by atoms with van der Waals surface area (Å²) in [6, 6.07) is -0.161. The van der Waals surface area contributed by atoms with Crippen LogP contribution in [-0.4, -0.2) is 81.6 Å². The first-order valence-electron chi connectivity index (χ1n) is 11.6. The SMILES string of the molecule is C[C@@H]1[C@@H](O)[C@H](O)[C@@H](O)CN1CC1CCN(C(=O)C2CCC(C(C)(C)C)CC2)CC1. The molecule has 2 saturated heterocycles. The fraction of sp³-hybridized carbons (Fsp3) is 0.957. The predicted molar refractivity (Wildman–Crippen MR) is 113 cm³/mol. The number of piperidine rings is 2. The van der Waals surface area contributed by atoms with E-state index in [1.807, 2.05) is 6.92 Å². The van der Waals surface area contributed by atoms with Crippen molar-refractivity contribution in [1.29, 1.82) is 0 Å². The van der Waals surface area contributed by atoms with E-state index in [-0.39, 0.29) is 12.0 Å². The zero-order chi connectivity index (χ0) is 21.3. The average Bonchev–Trinajstić information content (AvgIpc) is 2.70. The number of aliphatic hydroxyl groups is 3. The van der Waals surface area contributed by atoms with Gasteiger partial charge in [-0.3, -0.25) is 9.69 Å². The molecule has 1 amide bonds. The van der Waals surface area contributed by atoms with Crippen LogP contribution in [0.3, 0.4) is 0 Å². The Hall–Kier alpha value is -0.690. The molecule has 1 aliphatic carbocycles. The Morgan fingerprint density at radius 1 is 0.931 bits per heavy atom. The molecule has 0 spiro atoms. The largest absolute Gasteiger partial charge is 0.389 e. The minimum atomic E-state index is -1.06. The number of likely N-dealkylation sites (tertiary alicyclic amines) is 2. The second-order valence-electron chi connectivity index (χ2n) is 10.9. The summed E-state index contributed by atoms with van der Waals surface area (Å²) < 4.78 is 0. The first kappa shape index (κ1) is 23.0. The van der Waals surface area contributed by atoms with E-state index >= 15 is 0 Å². The Morgan fingerprint density at radius 2 is 1.52 bits per heavy atom. The number of rotatable bonds is 3. The number of amides is 1. The summed E-state index contributed by atoms with van der Waals surface area (Å²) >= 11 is 0. The van der Waals surface area contributed by atoms with Gasteiger partial charge in [0.25, 0.3) is 0 Å². The first-order chi connectivity index (χ1) is 13.6. The molecule has 6 nitrogen and oxygen atoms in total. The second kappa shape index (κ2) is 9.21. The van der Waals surface area contributed by atoms with Gasteiger partial charge >= 0.3 is 0 Å². The Balaban J connectivity index is 1.44. The Morgan fingerprint density at radius 3 is 2.07 bits per heavy atom. The zero-order valence-electron chi connectivity index (χ0n) is 18.8. The molecule has 0 aromatic heterocycles. The highest BCUT2D eigenvalue weighted by Crippen LogP contribution is 2.40. The van der Waals surface area contributed by atoms with Crippen molar-refractivity contribution in [2.24, 2.45) is 23.2 Å². The molecule has 3 N–H and O–H groups in total. The summed E-state index contributed by atoms with van der Waals surface area (Å²) in [5.41, 5.74) is 0.342. The molecule has 0 aromatic carbocycles. The molecule has 3 fully saturated rings. The van der Waals surface area contributed by atoms with E-state index in [0.717, 1.165) is 51.2 Å². The molecular formula is C23H42N2O4. The van der Waals surface area contributed by atoms with E-state index in [1.54, 1.807) is 0 Å². The van der Waals surface area contributed by atoms with Crippen molar-refractivity contribution in [2.45, 2.75) is 90.6 Å². The van der Waals surface area contributed by atoms with Crippen molar-refractivity contribution in [1.82, 2.24) is 9.80 Å². The molecule has 6 heteroatoms. The third-order valence-corrected chi connectivity index (χ3v) is 7.96. The van der Waals surface area contributed by atoms with E-state index in [0.29, 0.717) is 23.8 Å². The van der Waals surface area contributed by atoms with Gasteiger partial charge in [0.05, 0.1) is 12.2 Å². The van der Waals surface area contributed by atoms with Crippen molar-refractivity contribution in [3.05, 3.63) is 0 Å². The highest BCUT2D eigenvalue weighted by molar-refractivity contribution is 5.79. The normalized spacial score (nSPS) is 38.2. The smallest absolute Gasteiger partial charge is 0.225 e. The molecule has 0 unspecified atom stereocenters. The number of carbonyl (C=O) groups is 1. The first-order valence-corrected chi connectivity index (χ1v) is 11.6. The number of β-amino-alcohol motifs (C(OH)–C–C–N with tert-alkyl or cyclic N) is 1. The van der Waals surface area contributed by atoms with Gasteiger partial charge in [0.2, 0.25) is 5.91 Å². The van der Waals surface area contributed by atoms with Crippen molar-refractivity contribution >= 4 is 5.91 Å². The van der Waals surface area contributed by atoms with E-state index < -0.39 is 18.3 Å². The molecule has 168 valence electrons. The molecule has 4 atom stereocenters. The van der Waals surface area contributed by atoms with Crippen LogP contribution in [0.1, 0.15) is 66.2 Å². The van der Waals surface area contributed by atoms with Crippen LogP contribution < -0.4 is 0 Å². The average molecular weight is 411 g/mol.